The maximum atomic E-state index is 13.5. The summed E-state index contributed by atoms with van der Waals surface area (Å²) in [7, 11) is -3.22. The summed E-state index contributed by atoms with van der Waals surface area (Å²) in [6.45, 7) is 1.49. The Labute approximate surface area is 120 Å². The minimum Gasteiger partial charge on any atom is -0.487 e. The standard InChI is InChI=1S/C12H15BrF2O3S/c1-2-4-19(16,17)5-3-18-12-10(14)6-9(8-13)7-11(12)15/h6-7H,2-5,8H2,1H3. The second-order valence-electron chi connectivity index (χ2n) is 4.02. The Hall–Kier alpha value is -0.690. The average molecular weight is 357 g/mol. The lowest BCUT2D eigenvalue weighted by atomic mass is 10.2. The zero-order valence-corrected chi connectivity index (χ0v) is 12.9. The molecule has 0 atom stereocenters. The summed E-state index contributed by atoms with van der Waals surface area (Å²) in [4.78, 5) is 0. The molecule has 0 saturated carbocycles. The molecule has 1 aromatic carbocycles. The third-order valence-electron chi connectivity index (χ3n) is 2.37. The second kappa shape index (κ2) is 7.19. The van der Waals surface area contributed by atoms with Crippen LogP contribution < -0.4 is 4.74 Å². The predicted octanol–water partition coefficient (Wildman–Crippen LogP) is 3.06. The molecule has 108 valence electrons. The van der Waals surface area contributed by atoms with E-state index >= 15 is 0 Å². The predicted molar refractivity (Wildman–Crippen MR) is 73.4 cm³/mol. The summed E-state index contributed by atoms with van der Waals surface area (Å²) < 4.78 is 54.8. The molecule has 0 N–H and O–H groups in total. The van der Waals surface area contributed by atoms with Gasteiger partial charge in [0.2, 0.25) is 0 Å². The summed E-state index contributed by atoms with van der Waals surface area (Å²) in [6.07, 6.45) is 0.505. The Morgan fingerprint density at radius 1 is 1.21 bits per heavy atom. The quantitative estimate of drug-likeness (QED) is 0.705. The van der Waals surface area contributed by atoms with E-state index in [-0.39, 0.29) is 18.1 Å². The van der Waals surface area contributed by atoms with E-state index in [0.29, 0.717) is 17.3 Å². The van der Waals surface area contributed by atoms with Gasteiger partial charge < -0.3 is 4.74 Å². The minimum atomic E-state index is -3.22. The lowest BCUT2D eigenvalue weighted by Gasteiger charge is -2.09. The highest BCUT2D eigenvalue weighted by atomic mass is 79.9. The first-order chi connectivity index (χ1) is 8.89. The third-order valence-corrected chi connectivity index (χ3v) is 4.83. The fourth-order valence-corrected chi connectivity index (χ4v) is 3.00. The molecule has 0 saturated heterocycles. The van der Waals surface area contributed by atoms with Crippen molar-refractivity contribution in [1.82, 2.24) is 0 Å². The summed E-state index contributed by atoms with van der Waals surface area (Å²) in [5.41, 5.74) is 0.445. The zero-order chi connectivity index (χ0) is 14.5. The van der Waals surface area contributed by atoms with Crippen LogP contribution in [0.3, 0.4) is 0 Å². The third kappa shape index (κ3) is 5.06. The molecular formula is C12H15BrF2O3S. The van der Waals surface area contributed by atoms with Gasteiger partial charge in [-0.15, -0.1) is 0 Å². The lowest BCUT2D eigenvalue weighted by molar-refractivity contribution is 0.303. The summed E-state index contributed by atoms with van der Waals surface area (Å²) >= 11 is 3.09. The maximum absolute atomic E-state index is 13.5. The summed E-state index contributed by atoms with van der Waals surface area (Å²) in [5, 5.41) is 0.325. The van der Waals surface area contributed by atoms with Crippen molar-refractivity contribution in [1.29, 1.82) is 0 Å². The van der Waals surface area contributed by atoms with Gasteiger partial charge in [-0.25, -0.2) is 17.2 Å². The Kier molecular flexibility index (Phi) is 6.19. The molecule has 1 aromatic rings. The van der Waals surface area contributed by atoms with Crippen molar-refractivity contribution >= 4 is 25.8 Å². The van der Waals surface area contributed by atoms with Crippen LogP contribution in [0.15, 0.2) is 12.1 Å². The number of rotatable bonds is 7. The first-order valence-electron chi connectivity index (χ1n) is 5.76. The van der Waals surface area contributed by atoms with Crippen LogP contribution in [0.2, 0.25) is 0 Å². The number of hydrogen-bond donors (Lipinski definition) is 0. The van der Waals surface area contributed by atoms with Crippen LogP contribution in [0.25, 0.3) is 0 Å². The van der Waals surface area contributed by atoms with Crippen molar-refractivity contribution in [2.24, 2.45) is 0 Å². The van der Waals surface area contributed by atoms with E-state index in [2.05, 4.69) is 15.9 Å². The first-order valence-corrected chi connectivity index (χ1v) is 8.71. The molecule has 0 aromatic heterocycles. The number of hydrogen-bond acceptors (Lipinski definition) is 3. The smallest absolute Gasteiger partial charge is 0.190 e. The molecule has 0 bridgehead atoms. The van der Waals surface area contributed by atoms with E-state index in [1.165, 1.54) is 0 Å². The number of halogens is 3. The largest absolute Gasteiger partial charge is 0.487 e. The number of ether oxygens (including phenoxy) is 1. The first kappa shape index (κ1) is 16.4. The normalized spacial score (nSPS) is 11.6. The van der Waals surface area contributed by atoms with Crippen LogP contribution in [0, 0.1) is 11.6 Å². The SMILES string of the molecule is CCCS(=O)(=O)CCOc1c(F)cc(CBr)cc1F. The van der Waals surface area contributed by atoms with Gasteiger partial charge in [-0.05, 0) is 24.1 Å². The number of alkyl halides is 1. The molecule has 1 rings (SSSR count). The zero-order valence-electron chi connectivity index (χ0n) is 10.5. The van der Waals surface area contributed by atoms with Crippen molar-refractivity contribution in [3.05, 3.63) is 29.3 Å². The topological polar surface area (TPSA) is 43.4 Å². The molecule has 0 fully saturated rings. The van der Waals surface area contributed by atoms with Crippen molar-refractivity contribution in [2.45, 2.75) is 18.7 Å². The molecule has 0 aliphatic heterocycles. The second-order valence-corrected chi connectivity index (χ2v) is 6.89. The molecule has 3 nitrogen and oxygen atoms in total. The molecule has 0 aliphatic rings. The molecule has 19 heavy (non-hydrogen) atoms. The fourth-order valence-electron chi connectivity index (χ4n) is 1.51. The lowest BCUT2D eigenvalue weighted by Crippen LogP contribution is -2.17. The van der Waals surface area contributed by atoms with Crippen LogP contribution in [-0.2, 0) is 15.2 Å². The molecule has 0 heterocycles. The van der Waals surface area contributed by atoms with Gasteiger partial charge in [-0.1, -0.05) is 22.9 Å². The average Bonchev–Trinajstić information content (AvgIpc) is 2.32. The van der Waals surface area contributed by atoms with E-state index in [4.69, 9.17) is 4.74 Å². The van der Waals surface area contributed by atoms with Gasteiger partial charge in [0.05, 0.1) is 11.5 Å². The van der Waals surface area contributed by atoms with Crippen molar-refractivity contribution < 1.29 is 21.9 Å². The molecule has 0 amide bonds. The Balaban J connectivity index is 2.69. The van der Waals surface area contributed by atoms with E-state index in [0.717, 1.165) is 12.1 Å². The monoisotopic (exact) mass is 356 g/mol. The van der Waals surface area contributed by atoms with Gasteiger partial charge in [0.1, 0.15) is 6.61 Å². The highest BCUT2D eigenvalue weighted by molar-refractivity contribution is 9.08. The van der Waals surface area contributed by atoms with Crippen LogP contribution in [0.4, 0.5) is 8.78 Å². The van der Waals surface area contributed by atoms with Crippen molar-refractivity contribution in [3.8, 4) is 5.75 Å². The molecular weight excluding hydrogens is 342 g/mol. The van der Waals surface area contributed by atoms with Crippen LogP contribution in [0.1, 0.15) is 18.9 Å². The van der Waals surface area contributed by atoms with Gasteiger partial charge >= 0.3 is 0 Å². The molecule has 7 heteroatoms. The Morgan fingerprint density at radius 3 is 2.26 bits per heavy atom. The van der Waals surface area contributed by atoms with Crippen molar-refractivity contribution in [3.63, 3.8) is 0 Å². The van der Waals surface area contributed by atoms with Gasteiger partial charge in [0.15, 0.2) is 27.2 Å². The van der Waals surface area contributed by atoms with Gasteiger partial charge in [0.25, 0.3) is 0 Å². The van der Waals surface area contributed by atoms with Crippen LogP contribution in [-0.4, -0.2) is 26.5 Å². The van der Waals surface area contributed by atoms with E-state index in [1.54, 1.807) is 6.92 Å². The van der Waals surface area contributed by atoms with Gasteiger partial charge in [-0.3, -0.25) is 0 Å². The van der Waals surface area contributed by atoms with E-state index < -0.39 is 27.2 Å². The minimum absolute atomic E-state index is 0.0455. The van der Waals surface area contributed by atoms with E-state index in [1.807, 2.05) is 0 Å². The highest BCUT2D eigenvalue weighted by Crippen LogP contribution is 2.24. The molecule has 0 spiro atoms. The van der Waals surface area contributed by atoms with Crippen LogP contribution in [0.5, 0.6) is 5.75 Å². The molecule has 0 aliphatic carbocycles. The highest BCUT2D eigenvalue weighted by Gasteiger charge is 2.15. The van der Waals surface area contributed by atoms with Gasteiger partial charge in [-0.2, -0.15) is 0 Å². The van der Waals surface area contributed by atoms with E-state index in [9.17, 15) is 17.2 Å². The summed E-state index contributed by atoms with van der Waals surface area (Å²) in [5.74, 6) is -2.40. The van der Waals surface area contributed by atoms with Crippen LogP contribution >= 0.6 is 15.9 Å². The number of benzene rings is 1. The molecule has 0 unspecified atom stereocenters. The number of sulfone groups is 1. The van der Waals surface area contributed by atoms with Gasteiger partial charge in [0, 0.05) is 5.33 Å². The molecule has 0 radical (unpaired) electrons. The fraction of sp³-hybridized carbons (Fsp3) is 0.500. The van der Waals surface area contributed by atoms with Crippen molar-refractivity contribution in [2.75, 3.05) is 18.1 Å². The maximum Gasteiger partial charge on any atom is 0.190 e. The Morgan fingerprint density at radius 2 is 1.79 bits per heavy atom. The Bertz CT molecular complexity index is 509. The summed E-state index contributed by atoms with van der Waals surface area (Å²) in [6, 6.07) is 2.29.